The van der Waals surface area contributed by atoms with E-state index >= 15 is 0 Å². The Kier molecular flexibility index (Phi) is 7.21. The van der Waals surface area contributed by atoms with Gasteiger partial charge in [-0.25, -0.2) is 4.79 Å². The Morgan fingerprint density at radius 2 is 1.79 bits per heavy atom. The molecule has 1 aromatic heterocycles. The molecule has 0 fully saturated rings. The third-order valence-corrected chi connectivity index (χ3v) is 4.86. The molecule has 2 rings (SSSR count). The third kappa shape index (κ3) is 5.33. The van der Waals surface area contributed by atoms with Crippen molar-refractivity contribution >= 4 is 45.8 Å². The van der Waals surface area contributed by atoms with E-state index < -0.39 is 29.9 Å². The van der Waals surface area contributed by atoms with E-state index in [1.54, 1.807) is 57.3 Å². The normalized spacial score (nSPS) is 11.0. The van der Waals surface area contributed by atoms with E-state index in [2.05, 4.69) is 5.32 Å². The molecule has 0 atom stereocenters. The van der Waals surface area contributed by atoms with Crippen LogP contribution in [-0.2, 0) is 19.1 Å². The number of hydrogen-bond donors (Lipinski definition) is 1. The highest BCUT2D eigenvalue weighted by Crippen LogP contribution is 2.39. The number of ether oxygens (including phenoxy) is 2. The van der Waals surface area contributed by atoms with Gasteiger partial charge in [-0.3, -0.25) is 9.59 Å². The van der Waals surface area contributed by atoms with E-state index in [1.807, 2.05) is 0 Å². The van der Waals surface area contributed by atoms with Crippen LogP contribution >= 0.6 is 22.9 Å². The maximum absolute atomic E-state index is 12.5. The zero-order valence-electron chi connectivity index (χ0n) is 16.1. The number of rotatable bonds is 6. The first-order chi connectivity index (χ1) is 13.1. The third-order valence-electron chi connectivity index (χ3n) is 3.63. The number of anilines is 1. The summed E-state index contributed by atoms with van der Waals surface area (Å²) >= 11 is 7.43. The minimum atomic E-state index is -0.712. The van der Waals surface area contributed by atoms with Crippen LogP contribution in [-0.4, -0.2) is 31.1 Å². The number of carbonyl (C=O) groups is 3. The fourth-order valence-corrected chi connectivity index (χ4v) is 3.45. The van der Waals surface area contributed by atoms with Crippen LogP contribution in [0.15, 0.2) is 29.6 Å². The van der Waals surface area contributed by atoms with Gasteiger partial charge in [0.05, 0.1) is 12.0 Å². The largest absolute Gasteiger partial charge is 0.462 e. The number of benzene rings is 1. The Balaban J connectivity index is 2.27. The molecule has 0 unspecified atom stereocenters. The van der Waals surface area contributed by atoms with Crippen molar-refractivity contribution in [3.8, 4) is 11.1 Å². The van der Waals surface area contributed by atoms with Crippen LogP contribution in [0.25, 0.3) is 11.1 Å². The zero-order chi connectivity index (χ0) is 20.9. The molecule has 0 aliphatic rings. The lowest BCUT2D eigenvalue weighted by Crippen LogP contribution is -2.28. The Morgan fingerprint density at radius 3 is 2.39 bits per heavy atom. The van der Waals surface area contributed by atoms with Crippen molar-refractivity contribution in [2.45, 2.75) is 27.7 Å². The maximum atomic E-state index is 12.5. The fourth-order valence-electron chi connectivity index (χ4n) is 2.24. The van der Waals surface area contributed by atoms with E-state index in [-0.39, 0.29) is 12.2 Å². The van der Waals surface area contributed by atoms with Crippen molar-refractivity contribution < 1.29 is 23.9 Å². The van der Waals surface area contributed by atoms with Crippen molar-refractivity contribution in [3.05, 3.63) is 40.2 Å². The summed E-state index contributed by atoms with van der Waals surface area (Å²) in [5, 5.41) is 5.14. The molecule has 0 spiro atoms. The highest BCUT2D eigenvalue weighted by Gasteiger charge is 2.26. The second-order valence-corrected chi connectivity index (χ2v) is 8.21. The van der Waals surface area contributed by atoms with Crippen molar-refractivity contribution in [1.82, 2.24) is 0 Å². The molecule has 8 heteroatoms. The Labute approximate surface area is 172 Å². The first-order valence-corrected chi connectivity index (χ1v) is 9.91. The van der Waals surface area contributed by atoms with Gasteiger partial charge in [-0.1, -0.05) is 29.8 Å². The summed E-state index contributed by atoms with van der Waals surface area (Å²) in [5.41, 5.74) is 0.728. The van der Waals surface area contributed by atoms with Gasteiger partial charge in [0.15, 0.2) is 6.61 Å². The van der Waals surface area contributed by atoms with Gasteiger partial charge in [-0.2, -0.15) is 0 Å². The molecule has 1 N–H and O–H groups in total. The molecule has 28 heavy (non-hydrogen) atoms. The molecule has 150 valence electrons. The smallest absolute Gasteiger partial charge is 0.341 e. The molecule has 6 nitrogen and oxygen atoms in total. The average molecular weight is 424 g/mol. The lowest BCUT2D eigenvalue weighted by molar-refractivity contribution is -0.155. The topological polar surface area (TPSA) is 81.7 Å². The molecule has 0 aliphatic heterocycles. The molecule has 1 heterocycles. The quantitative estimate of drug-likeness (QED) is 0.676. The SMILES string of the molecule is CCOC(=O)c1c(-c2ccccc2Cl)csc1NC(=O)COC(=O)C(C)(C)C. The first-order valence-electron chi connectivity index (χ1n) is 8.65. The van der Waals surface area contributed by atoms with Gasteiger partial charge in [0.25, 0.3) is 5.91 Å². The Morgan fingerprint density at radius 1 is 1.11 bits per heavy atom. The second-order valence-electron chi connectivity index (χ2n) is 6.93. The summed E-state index contributed by atoms with van der Waals surface area (Å²) < 4.78 is 10.2. The Hall–Kier alpha value is -2.38. The summed E-state index contributed by atoms with van der Waals surface area (Å²) in [5.74, 6) is -1.60. The van der Waals surface area contributed by atoms with Crippen LogP contribution in [0.4, 0.5) is 5.00 Å². The second kappa shape index (κ2) is 9.21. The highest BCUT2D eigenvalue weighted by atomic mass is 35.5. The summed E-state index contributed by atoms with van der Waals surface area (Å²) in [6, 6.07) is 7.09. The maximum Gasteiger partial charge on any atom is 0.341 e. The summed E-state index contributed by atoms with van der Waals surface area (Å²) in [4.78, 5) is 36.6. The van der Waals surface area contributed by atoms with E-state index in [9.17, 15) is 14.4 Å². The molecule has 0 bridgehead atoms. The van der Waals surface area contributed by atoms with Crippen molar-refractivity contribution in [3.63, 3.8) is 0 Å². The first kappa shape index (κ1) is 21.9. The number of thiophene rings is 1. The van der Waals surface area contributed by atoms with Crippen LogP contribution in [0.1, 0.15) is 38.1 Å². The van der Waals surface area contributed by atoms with Gasteiger partial charge in [0, 0.05) is 21.5 Å². The van der Waals surface area contributed by atoms with Crippen LogP contribution in [0.3, 0.4) is 0 Å². The molecule has 0 saturated carbocycles. The molecule has 0 aliphatic carbocycles. The minimum Gasteiger partial charge on any atom is -0.462 e. The molecule has 1 aromatic carbocycles. The highest BCUT2D eigenvalue weighted by molar-refractivity contribution is 7.15. The van der Waals surface area contributed by atoms with Gasteiger partial charge < -0.3 is 14.8 Å². The fraction of sp³-hybridized carbons (Fsp3) is 0.350. The molecule has 1 amide bonds. The van der Waals surface area contributed by atoms with Crippen LogP contribution in [0, 0.1) is 5.41 Å². The number of carbonyl (C=O) groups excluding carboxylic acids is 3. The standard InChI is InChI=1S/C20H22ClNO5S/c1-5-26-18(24)16-13(12-8-6-7-9-14(12)21)11-28-17(16)22-15(23)10-27-19(25)20(2,3)4/h6-9,11H,5,10H2,1-4H3,(H,22,23). The van der Waals surface area contributed by atoms with Gasteiger partial charge in [0.2, 0.25) is 0 Å². The van der Waals surface area contributed by atoms with Gasteiger partial charge in [-0.05, 0) is 33.8 Å². The predicted octanol–water partition coefficient (Wildman–Crippen LogP) is 4.77. The number of halogens is 1. The van der Waals surface area contributed by atoms with E-state index in [4.69, 9.17) is 21.1 Å². The van der Waals surface area contributed by atoms with Crippen molar-refractivity contribution in [1.29, 1.82) is 0 Å². The van der Waals surface area contributed by atoms with Crippen LogP contribution in [0.5, 0.6) is 0 Å². The molecule has 0 saturated heterocycles. The Bertz CT molecular complexity index is 885. The summed E-state index contributed by atoms with van der Waals surface area (Å²) in [7, 11) is 0. The van der Waals surface area contributed by atoms with E-state index in [1.165, 1.54) is 11.3 Å². The van der Waals surface area contributed by atoms with Crippen LogP contribution < -0.4 is 5.32 Å². The molecule has 0 radical (unpaired) electrons. The van der Waals surface area contributed by atoms with Crippen LogP contribution in [0.2, 0.25) is 5.02 Å². The van der Waals surface area contributed by atoms with E-state index in [0.29, 0.717) is 21.2 Å². The predicted molar refractivity (Wildman–Crippen MR) is 110 cm³/mol. The lowest BCUT2D eigenvalue weighted by Gasteiger charge is -2.16. The number of hydrogen-bond acceptors (Lipinski definition) is 6. The lowest BCUT2D eigenvalue weighted by atomic mass is 9.97. The molecule has 2 aromatic rings. The van der Waals surface area contributed by atoms with Gasteiger partial charge in [-0.15, -0.1) is 11.3 Å². The molecular formula is C20H22ClNO5S. The minimum absolute atomic E-state index is 0.188. The van der Waals surface area contributed by atoms with Crippen molar-refractivity contribution in [2.24, 2.45) is 5.41 Å². The molecular weight excluding hydrogens is 402 g/mol. The van der Waals surface area contributed by atoms with Gasteiger partial charge in [0.1, 0.15) is 10.6 Å². The monoisotopic (exact) mass is 423 g/mol. The summed E-state index contributed by atoms with van der Waals surface area (Å²) in [6.07, 6.45) is 0. The number of nitrogens with one attached hydrogen (secondary N) is 1. The van der Waals surface area contributed by atoms with Crippen molar-refractivity contribution in [2.75, 3.05) is 18.5 Å². The summed E-state index contributed by atoms with van der Waals surface area (Å²) in [6.45, 7) is 6.53. The van der Waals surface area contributed by atoms with E-state index in [0.717, 1.165) is 0 Å². The average Bonchev–Trinajstić information content (AvgIpc) is 3.02. The zero-order valence-corrected chi connectivity index (χ0v) is 17.7. The number of esters is 2. The van der Waals surface area contributed by atoms with Gasteiger partial charge >= 0.3 is 11.9 Å². The number of amides is 1.